The number of piperidine rings is 1. The molecule has 0 spiro atoms. The third-order valence-electron chi connectivity index (χ3n) is 3.19. The van der Waals surface area contributed by atoms with Crippen LogP contribution in [0.25, 0.3) is 0 Å². The van der Waals surface area contributed by atoms with E-state index in [9.17, 15) is 9.18 Å². The summed E-state index contributed by atoms with van der Waals surface area (Å²) in [6, 6.07) is 5.91. The molecule has 0 aliphatic carbocycles. The lowest BCUT2D eigenvalue weighted by atomic mass is 10.0. The van der Waals surface area contributed by atoms with E-state index in [-0.39, 0.29) is 10.9 Å². The van der Waals surface area contributed by atoms with Gasteiger partial charge in [-0.15, -0.1) is 12.6 Å². The van der Waals surface area contributed by atoms with Gasteiger partial charge in [0.05, 0.1) is 0 Å². The third-order valence-corrected chi connectivity index (χ3v) is 3.43. The molecule has 2 rings (SSSR count). The largest absolute Gasteiger partial charge is 0.289 e. The number of rotatable bonds is 3. The van der Waals surface area contributed by atoms with Gasteiger partial charge < -0.3 is 0 Å². The second-order valence-corrected chi connectivity index (χ2v) is 4.80. The molecule has 4 heteroatoms. The molecule has 1 aliphatic heterocycles. The van der Waals surface area contributed by atoms with Crippen molar-refractivity contribution in [1.29, 1.82) is 0 Å². The van der Waals surface area contributed by atoms with Crippen molar-refractivity contribution in [1.82, 2.24) is 4.90 Å². The standard InChI is InChI=1S/C13H16FNOS/c14-11-7-3-2-6-10(11)12(13(16)17)15-8-4-1-5-9-15/h2-3,6-7,12H,1,4-5,8-9H2,(H,16,17)/t12-/m1/s1. The molecule has 1 aromatic carbocycles. The summed E-state index contributed by atoms with van der Waals surface area (Å²) < 4.78 is 13.7. The summed E-state index contributed by atoms with van der Waals surface area (Å²) in [5.74, 6) is -0.328. The van der Waals surface area contributed by atoms with E-state index in [1.807, 2.05) is 4.90 Å². The summed E-state index contributed by atoms with van der Waals surface area (Å²) in [7, 11) is 0. The molecule has 0 N–H and O–H groups in total. The Hall–Kier alpha value is -0.870. The molecule has 1 fully saturated rings. The van der Waals surface area contributed by atoms with E-state index in [1.165, 1.54) is 12.5 Å². The van der Waals surface area contributed by atoms with Crippen LogP contribution in [0.5, 0.6) is 0 Å². The SMILES string of the molecule is O=C(S)[C@@H](c1ccccc1F)N1CCCCC1. The number of thiol groups is 1. The zero-order valence-electron chi connectivity index (χ0n) is 9.60. The first-order valence-electron chi connectivity index (χ1n) is 5.91. The zero-order valence-corrected chi connectivity index (χ0v) is 10.5. The Morgan fingerprint density at radius 2 is 1.88 bits per heavy atom. The second kappa shape index (κ2) is 5.65. The summed E-state index contributed by atoms with van der Waals surface area (Å²) in [6.07, 6.45) is 3.30. The van der Waals surface area contributed by atoms with Crippen LogP contribution in [0.15, 0.2) is 24.3 Å². The van der Waals surface area contributed by atoms with Crippen LogP contribution in [0.3, 0.4) is 0 Å². The van der Waals surface area contributed by atoms with E-state index < -0.39 is 6.04 Å². The lowest BCUT2D eigenvalue weighted by molar-refractivity contribution is -0.116. The van der Waals surface area contributed by atoms with Crippen molar-refractivity contribution in [3.63, 3.8) is 0 Å². The number of hydrogen-bond acceptors (Lipinski definition) is 2. The molecule has 0 bridgehead atoms. The molecule has 1 saturated heterocycles. The van der Waals surface area contributed by atoms with Crippen molar-refractivity contribution < 1.29 is 9.18 Å². The van der Waals surface area contributed by atoms with Gasteiger partial charge in [-0.1, -0.05) is 24.6 Å². The first kappa shape index (κ1) is 12.6. The van der Waals surface area contributed by atoms with Gasteiger partial charge in [-0.05, 0) is 32.0 Å². The van der Waals surface area contributed by atoms with Gasteiger partial charge in [0.1, 0.15) is 11.9 Å². The molecular formula is C13H16FNOS. The van der Waals surface area contributed by atoms with Gasteiger partial charge in [0.25, 0.3) is 0 Å². The summed E-state index contributed by atoms with van der Waals surface area (Å²) in [5.41, 5.74) is 0.439. The van der Waals surface area contributed by atoms with E-state index in [1.54, 1.807) is 18.2 Å². The Morgan fingerprint density at radius 1 is 1.24 bits per heavy atom. The Bertz CT molecular complexity index is 404. The maximum absolute atomic E-state index is 13.7. The quantitative estimate of drug-likeness (QED) is 0.836. The number of hydrogen-bond donors (Lipinski definition) is 1. The summed E-state index contributed by atoms with van der Waals surface area (Å²) in [5, 5.41) is -0.281. The molecule has 1 heterocycles. The molecule has 2 nitrogen and oxygen atoms in total. The topological polar surface area (TPSA) is 20.3 Å². The van der Waals surface area contributed by atoms with Crippen molar-refractivity contribution in [3.8, 4) is 0 Å². The highest BCUT2D eigenvalue weighted by Gasteiger charge is 2.28. The molecule has 0 aromatic heterocycles. The van der Waals surface area contributed by atoms with E-state index >= 15 is 0 Å². The van der Waals surface area contributed by atoms with E-state index in [2.05, 4.69) is 12.6 Å². The number of benzene rings is 1. The van der Waals surface area contributed by atoms with Gasteiger partial charge in [0, 0.05) is 5.56 Å². The van der Waals surface area contributed by atoms with Gasteiger partial charge >= 0.3 is 0 Å². The molecule has 0 radical (unpaired) electrons. The smallest absolute Gasteiger partial charge is 0.207 e. The van der Waals surface area contributed by atoms with Gasteiger partial charge in [-0.25, -0.2) is 4.39 Å². The summed E-state index contributed by atoms with van der Waals surface area (Å²) >= 11 is 3.91. The second-order valence-electron chi connectivity index (χ2n) is 4.36. The molecule has 17 heavy (non-hydrogen) atoms. The van der Waals surface area contributed by atoms with Crippen LogP contribution in [0, 0.1) is 5.82 Å². The molecule has 1 aromatic rings. The van der Waals surface area contributed by atoms with Crippen LogP contribution in [-0.4, -0.2) is 23.1 Å². The maximum Gasteiger partial charge on any atom is 0.207 e. The molecule has 0 unspecified atom stereocenters. The number of nitrogens with zero attached hydrogens (tertiary/aromatic N) is 1. The number of halogens is 1. The van der Waals surface area contributed by atoms with Gasteiger partial charge in [-0.2, -0.15) is 0 Å². The fraction of sp³-hybridized carbons (Fsp3) is 0.462. The Morgan fingerprint density at radius 3 is 2.47 bits per heavy atom. The summed E-state index contributed by atoms with van der Waals surface area (Å²) in [6.45, 7) is 1.68. The van der Waals surface area contributed by atoms with Gasteiger partial charge in [0.15, 0.2) is 0 Å². The van der Waals surface area contributed by atoms with Crippen molar-refractivity contribution in [2.24, 2.45) is 0 Å². The lowest BCUT2D eigenvalue weighted by Crippen LogP contribution is -2.37. The third kappa shape index (κ3) is 2.87. The highest BCUT2D eigenvalue weighted by molar-refractivity contribution is 7.96. The minimum absolute atomic E-state index is 0.281. The Kier molecular flexibility index (Phi) is 4.18. The molecular weight excluding hydrogens is 237 g/mol. The van der Waals surface area contributed by atoms with Crippen molar-refractivity contribution in [2.45, 2.75) is 25.3 Å². The van der Waals surface area contributed by atoms with Crippen LogP contribution in [0.4, 0.5) is 4.39 Å². The first-order valence-corrected chi connectivity index (χ1v) is 6.36. The number of carbonyl (C=O) groups is 1. The van der Waals surface area contributed by atoms with Crippen LogP contribution >= 0.6 is 12.6 Å². The predicted octanol–water partition coefficient (Wildman–Crippen LogP) is 2.81. The zero-order chi connectivity index (χ0) is 12.3. The fourth-order valence-corrected chi connectivity index (χ4v) is 2.66. The minimum Gasteiger partial charge on any atom is -0.289 e. The average molecular weight is 253 g/mol. The van der Waals surface area contributed by atoms with Crippen molar-refractivity contribution >= 4 is 17.7 Å². The molecule has 0 saturated carbocycles. The molecule has 1 atom stereocenters. The van der Waals surface area contributed by atoms with Gasteiger partial charge in [0.2, 0.25) is 5.12 Å². The van der Waals surface area contributed by atoms with Crippen LogP contribution in [-0.2, 0) is 4.79 Å². The van der Waals surface area contributed by atoms with Crippen LogP contribution in [0.2, 0.25) is 0 Å². The summed E-state index contributed by atoms with van der Waals surface area (Å²) in [4.78, 5) is 13.7. The van der Waals surface area contributed by atoms with E-state index in [4.69, 9.17) is 0 Å². The number of likely N-dealkylation sites (tertiary alicyclic amines) is 1. The Balaban J connectivity index is 2.28. The van der Waals surface area contributed by atoms with E-state index in [0.29, 0.717) is 5.56 Å². The maximum atomic E-state index is 13.7. The van der Waals surface area contributed by atoms with Gasteiger partial charge in [-0.3, -0.25) is 9.69 Å². The monoisotopic (exact) mass is 253 g/mol. The van der Waals surface area contributed by atoms with E-state index in [0.717, 1.165) is 25.9 Å². The molecule has 1 aliphatic rings. The normalized spacial score (nSPS) is 18.9. The Labute approximate surface area is 106 Å². The number of carbonyl (C=O) groups excluding carboxylic acids is 1. The highest BCUT2D eigenvalue weighted by atomic mass is 32.1. The molecule has 0 amide bonds. The fourth-order valence-electron chi connectivity index (χ4n) is 2.36. The highest BCUT2D eigenvalue weighted by Crippen LogP contribution is 2.28. The lowest BCUT2D eigenvalue weighted by Gasteiger charge is -2.33. The molecule has 92 valence electrons. The minimum atomic E-state index is -0.542. The predicted molar refractivity (Wildman–Crippen MR) is 68.6 cm³/mol. The average Bonchev–Trinajstić information content (AvgIpc) is 2.33. The van der Waals surface area contributed by atoms with Crippen LogP contribution < -0.4 is 0 Å². The van der Waals surface area contributed by atoms with Crippen molar-refractivity contribution in [2.75, 3.05) is 13.1 Å². The van der Waals surface area contributed by atoms with Crippen LogP contribution in [0.1, 0.15) is 30.9 Å². The first-order chi connectivity index (χ1) is 8.20. The van der Waals surface area contributed by atoms with Crippen molar-refractivity contribution in [3.05, 3.63) is 35.6 Å².